The number of hydrogen-bond donors (Lipinski definition) is 2. The van der Waals surface area contributed by atoms with Gasteiger partial charge in [0.15, 0.2) is 6.10 Å². The number of phosphoric ester groups is 1. The second kappa shape index (κ2) is 48.4. The summed E-state index contributed by atoms with van der Waals surface area (Å²) < 4.78 is 32.8. The maximum absolute atomic E-state index is 12.6. The molecule has 360 valence electrons. The van der Waals surface area contributed by atoms with Gasteiger partial charge in [-0.1, -0.05) is 188 Å². The topological polar surface area (TPSA) is 134 Å². The maximum atomic E-state index is 12.6. The summed E-state index contributed by atoms with van der Waals surface area (Å²) in [5.74, 6) is -0.857. The Balaban J connectivity index is 4.05. The number of allylic oxidation sites excluding steroid dienone is 16. The van der Waals surface area contributed by atoms with Crippen LogP contribution in [0, 0.1) is 0 Å². The Morgan fingerprint density at radius 3 is 1.30 bits per heavy atom. The summed E-state index contributed by atoms with van der Waals surface area (Å²) in [7, 11) is -4.39. The summed E-state index contributed by atoms with van der Waals surface area (Å²) in [5.41, 5.74) is 5.36. The second-order valence-electron chi connectivity index (χ2n) is 15.9. The van der Waals surface area contributed by atoms with Crippen molar-refractivity contribution in [3.05, 3.63) is 97.2 Å². The molecule has 0 saturated carbocycles. The Morgan fingerprint density at radius 2 is 0.873 bits per heavy atom. The lowest BCUT2D eigenvalue weighted by Gasteiger charge is -2.19. The number of carbonyl (C=O) groups excluding carboxylic acids is 2. The van der Waals surface area contributed by atoms with Gasteiger partial charge in [0, 0.05) is 19.4 Å². The number of phosphoric acid groups is 1. The molecule has 0 spiro atoms. The summed E-state index contributed by atoms with van der Waals surface area (Å²) in [6, 6.07) is 0. The first-order valence-electron chi connectivity index (χ1n) is 24.7. The average Bonchev–Trinajstić information content (AvgIpc) is 3.27. The van der Waals surface area contributed by atoms with Crippen molar-refractivity contribution in [3.8, 4) is 0 Å². The van der Waals surface area contributed by atoms with Crippen LogP contribution in [0.25, 0.3) is 0 Å². The molecule has 63 heavy (non-hydrogen) atoms. The minimum absolute atomic E-state index is 0.0459. The lowest BCUT2D eigenvalue weighted by Crippen LogP contribution is -2.29. The van der Waals surface area contributed by atoms with Crippen LogP contribution < -0.4 is 5.73 Å². The van der Waals surface area contributed by atoms with E-state index in [1.165, 1.54) is 44.9 Å². The van der Waals surface area contributed by atoms with Crippen molar-refractivity contribution in [3.63, 3.8) is 0 Å². The third kappa shape index (κ3) is 48.2. The van der Waals surface area contributed by atoms with Gasteiger partial charge in [0.05, 0.1) is 13.2 Å². The Bertz CT molecular complexity index is 1350. The predicted octanol–water partition coefficient (Wildman–Crippen LogP) is 14.9. The van der Waals surface area contributed by atoms with Crippen LogP contribution in [0.1, 0.15) is 194 Å². The van der Waals surface area contributed by atoms with Crippen LogP contribution in [-0.2, 0) is 32.7 Å². The standard InChI is InChI=1S/C53H90NO8P/c1-3-5-7-9-11-13-15-17-18-19-20-21-22-23-24-25-26-27-28-29-30-31-32-34-36-38-40-42-44-46-53(56)62-51(50-61-63(57,58)60-48-47-54)49-59-52(55)45-43-41-39-37-35-33-16-14-12-10-8-6-4-2/h5,7-8,10-11,13-14,16-18,20-21,23-24,26-27,51H,3-4,6,9,12,15,19,22,25,28-50,54H2,1-2H3,(H,57,58)/b7-5-,10-8-,13-11-,16-14-,18-17-,21-20-,24-23-,27-26-. The minimum atomic E-state index is -4.39. The zero-order chi connectivity index (χ0) is 46.0. The number of hydrogen-bond acceptors (Lipinski definition) is 8. The van der Waals surface area contributed by atoms with Crippen molar-refractivity contribution in [2.75, 3.05) is 26.4 Å². The Kier molecular flexibility index (Phi) is 46.0. The van der Waals surface area contributed by atoms with Gasteiger partial charge in [-0.15, -0.1) is 0 Å². The van der Waals surface area contributed by atoms with Crippen LogP contribution >= 0.6 is 7.82 Å². The molecular weight excluding hydrogens is 810 g/mol. The lowest BCUT2D eigenvalue weighted by atomic mass is 10.0. The Labute approximate surface area is 385 Å². The molecule has 9 nitrogen and oxygen atoms in total. The van der Waals surface area contributed by atoms with E-state index in [-0.39, 0.29) is 32.6 Å². The van der Waals surface area contributed by atoms with Gasteiger partial charge in [-0.2, -0.15) is 0 Å². The van der Waals surface area contributed by atoms with E-state index in [1.807, 2.05) is 0 Å². The predicted molar refractivity (Wildman–Crippen MR) is 265 cm³/mol. The van der Waals surface area contributed by atoms with Crippen LogP contribution in [0.3, 0.4) is 0 Å². The van der Waals surface area contributed by atoms with E-state index in [2.05, 4.69) is 111 Å². The first kappa shape index (κ1) is 59.9. The number of nitrogens with two attached hydrogens (primary N) is 1. The van der Waals surface area contributed by atoms with Crippen LogP contribution in [0.4, 0.5) is 0 Å². The molecule has 0 saturated heterocycles. The van der Waals surface area contributed by atoms with Gasteiger partial charge in [-0.25, -0.2) is 4.57 Å². The van der Waals surface area contributed by atoms with E-state index in [4.69, 9.17) is 24.3 Å². The van der Waals surface area contributed by atoms with Gasteiger partial charge in [0.2, 0.25) is 0 Å². The average molecular weight is 900 g/mol. The van der Waals surface area contributed by atoms with Gasteiger partial charge in [0.1, 0.15) is 6.61 Å². The molecule has 0 aromatic heterocycles. The molecule has 0 aromatic rings. The molecule has 10 heteroatoms. The Hall–Kier alpha value is -3.07. The lowest BCUT2D eigenvalue weighted by molar-refractivity contribution is -0.161. The number of esters is 2. The van der Waals surface area contributed by atoms with Gasteiger partial charge in [-0.3, -0.25) is 18.6 Å². The van der Waals surface area contributed by atoms with Crippen LogP contribution in [-0.4, -0.2) is 49.3 Å². The van der Waals surface area contributed by atoms with Crippen molar-refractivity contribution < 1.29 is 37.6 Å². The normalized spacial score (nSPS) is 14.0. The Morgan fingerprint density at radius 1 is 0.492 bits per heavy atom. The molecule has 0 amide bonds. The van der Waals surface area contributed by atoms with Crippen molar-refractivity contribution in [2.24, 2.45) is 5.73 Å². The molecule has 0 bridgehead atoms. The van der Waals surface area contributed by atoms with Gasteiger partial charge in [0.25, 0.3) is 0 Å². The molecule has 0 heterocycles. The van der Waals surface area contributed by atoms with Crippen molar-refractivity contribution in [1.29, 1.82) is 0 Å². The highest BCUT2D eigenvalue weighted by atomic mass is 31.2. The molecule has 0 aliphatic carbocycles. The van der Waals surface area contributed by atoms with E-state index in [0.29, 0.717) is 12.8 Å². The molecule has 2 atom stereocenters. The van der Waals surface area contributed by atoms with Gasteiger partial charge in [-0.05, 0) is 89.9 Å². The molecule has 0 fully saturated rings. The third-order valence-electron chi connectivity index (χ3n) is 9.93. The number of ether oxygens (including phenoxy) is 2. The number of carbonyl (C=O) groups is 2. The van der Waals surface area contributed by atoms with E-state index in [0.717, 1.165) is 109 Å². The molecule has 0 aromatic carbocycles. The highest BCUT2D eigenvalue weighted by Crippen LogP contribution is 2.43. The van der Waals surface area contributed by atoms with Gasteiger partial charge >= 0.3 is 19.8 Å². The van der Waals surface area contributed by atoms with Gasteiger partial charge < -0.3 is 20.1 Å². The maximum Gasteiger partial charge on any atom is 0.472 e. The molecule has 0 aliphatic heterocycles. The van der Waals surface area contributed by atoms with Crippen LogP contribution in [0.5, 0.6) is 0 Å². The van der Waals surface area contributed by atoms with E-state index in [9.17, 15) is 19.0 Å². The summed E-state index contributed by atoms with van der Waals surface area (Å²) in [5, 5.41) is 0. The molecule has 0 rings (SSSR count). The number of rotatable bonds is 45. The van der Waals surface area contributed by atoms with Crippen LogP contribution in [0.15, 0.2) is 97.2 Å². The largest absolute Gasteiger partial charge is 0.472 e. The first-order valence-corrected chi connectivity index (χ1v) is 26.2. The molecule has 0 radical (unpaired) electrons. The summed E-state index contributed by atoms with van der Waals surface area (Å²) in [6.07, 6.45) is 63.0. The second-order valence-corrected chi connectivity index (χ2v) is 17.4. The minimum Gasteiger partial charge on any atom is -0.462 e. The fourth-order valence-corrected chi connectivity index (χ4v) is 7.09. The monoisotopic (exact) mass is 900 g/mol. The van der Waals surface area contributed by atoms with Crippen molar-refractivity contribution in [1.82, 2.24) is 0 Å². The quantitative estimate of drug-likeness (QED) is 0.0265. The fraction of sp³-hybridized carbons (Fsp3) is 0.660. The zero-order valence-electron chi connectivity index (χ0n) is 39.8. The molecule has 3 N–H and O–H groups in total. The summed E-state index contributed by atoms with van der Waals surface area (Å²) in [4.78, 5) is 35.0. The summed E-state index contributed by atoms with van der Waals surface area (Å²) in [6.45, 7) is 3.52. The highest BCUT2D eigenvalue weighted by molar-refractivity contribution is 7.47. The van der Waals surface area contributed by atoms with Crippen molar-refractivity contribution in [2.45, 2.75) is 200 Å². The zero-order valence-corrected chi connectivity index (χ0v) is 40.7. The number of unbranched alkanes of at least 4 members (excludes halogenated alkanes) is 16. The van der Waals surface area contributed by atoms with Crippen LogP contribution in [0.2, 0.25) is 0 Å². The SMILES string of the molecule is CC/C=C\C/C=C\C/C=C\C/C=C\C/C=C\C/C=C\CCCCCCCCCCCCC(=O)OC(COC(=O)CCCCCCC/C=C\C/C=C\CCC)COP(=O)(O)OCCN. The highest BCUT2D eigenvalue weighted by Gasteiger charge is 2.26. The summed E-state index contributed by atoms with van der Waals surface area (Å²) >= 11 is 0. The van der Waals surface area contributed by atoms with Crippen molar-refractivity contribution >= 4 is 19.8 Å². The fourth-order valence-electron chi connectivity index (χ4n) is 6.32. The molecule has 2 unspecified atom stereocenters. The van der Waals surface area contributed by atoms with E-state index >= 15 is 0 Å². The molecule has 0 aliphatic rings. The smallest absolute Gasteiger partial charge is 0.462 e. The van der Waals surface area contributed by atoms with E-state index in [1.54, 1.807) is 0 Å². The first-order chi connectivity index (χ1) is 30.8. The third-order valence-corrected chi connectivity index (χ3v) is 10.9. The molecular formula is C53H90NO8P. The van der Waals surface area contributed by atoms with E-state index < -0.39 is 32.5 Å².